The van der Waals surface area contributed by atoms with E-state index in [0.717, 1.165) is 34.6 Å². The fraction of sp³-hybridized carbons (Fsp3) is 0.765. The summed E-state index contributed by atoms with van der Waals surface area (Å²) in [7, 11) is 0. The highest BCUT2D eigenvalue weighted by Gasteiger charge is 2.58. The van der Waals surface area contributed by atoms with Gasteiger partial charge in [-0.1, -0.05) is 34.8 Å². The molecule has 2 aliphatic rings. The summed E-state index contributed by atoms with van der Waals surface area (Å²) in [5.41, 5.74) is -2.21. The summed E-state index contributed by atoms with van der Waals surface area (Å²) in [5.74, 6) is -6.88. The fourth-order valence-corrected chi connectivity index (χ4v) is 5.27. The number of alkyl halides is 3. The minimum Gasteiger partial charge on any atom is -0.463 e. The van der Waals surface area contributed by atoms with Crippen LogP contribution in [0.1, 0.15) is 76.2 Å². The van der Waals surface area contributed by atoms with Gasteiger partial charge in [-0.3, -0.25) is 39.0 Å². The monoisotopic (exact) mass is 862 g/mol. The average molecular weight is 864 g/mol. The van der Waals surface area contributed by atoms with Gasteiger partial charge in [-0.25, -0.2) is 0 Å². The van der Waals surface area contributed by atoms with Gasteiger partial charge in [-0.05, 0) is 41.5 Å². The molecule has 10 atom stereocenters. The Labute approximate surface area is 338 Å². The third-order valence-corrected chi connectivity index (χ3v) is 8.11. The first-order valence-corrected chi connectivity index (χ1v) is 18.3. The van der Waals surface area contributed by atoms with E-state index >= 15 is 0 Å². The average Bonchev–Trinajstić information content (AvgIpc) is 3.01. The van der Waals surface area contributed by atoms with Crippen LogP contribution in [-0.4, -0.2) is 126 Å². The Bertz CT molecular complexity index is 1490. The molecular weight excluding hydrogens is 815 g/mol. The molecule has 2 saturated heterocycles. The van der Waals surface area contributed by atoms with E-state index in [9.17, 15) is 33.6 Å². The molecule has 0 aliphatic carbocycles. The molecule has 19 nitrogen and oxygen atoms in total. The Hall–Kier alpha value is -3.49. The molecule has 1 amide bonds. The van der Waals surface area contributed by atoms with Gasteiger partial charge in [0, 0.05) is 34.6 Å². The lowest BCUT2D eigenvalue weighted by atomic mass is 9.93. The van der Waals surface area contributed by atoms with Gasteiger partial charge in [-0.2, -0.15) is 0 Å². The molecule has 1 unspecified atom stereocenters. The number of rotatable bonds is 12. The summed E-state index contributed by atoms with van der Waals surface area (Å²) in [6.07, 6.45) is -15.2. The quantitative estimate of drug-likeness (QED) is 0.0941. The molecule has 0 saturated carbocycles. The van der Waals surface area contributed by atoms with Crippen molar-refractivity contribution in [3.63, 3.8) is 0 Å². The standard InChI is InChI=1S/C34H49Cl3N2O17/c1-14(40)39-21-24(54-28-26(51-18(5)44)25(50-17(4)43)23(49-16(3)42)19(53-28)12-47-15(2)41)22(55-31(46)33(9,10)11)20(13-48-30(45)32(6,7)8)52-27(21)56-29(38)34(35,36)37/h19-28,38H,12-13H2,1-11H3,(H,39,40)/t19-,20-,21-,22+,23+,24-,25+,26-,27?,28+/m1/s1. The maximum atomic E-state index is 13.6. The number of nitrogens with one attached hydrogen (secondary N) is 2. The van der Waals surface area contributed by atoms with Crippen molar-refractivity contribution in [2.75, 3.05) is 13.2 Å². The zero-order chi connectivity index (χ0) is 43.1. The summed E-state index contributed by atoms with van der Waals surface area (Å²) in [6.45, 7) is 13.3. The summed E-state index contributed by atoms with van der Waals surface area (Å²) in [5, 5.41) is 10.8. The number of hydrogen-bond donors (Lipinski definition) is 2. The van der Waals surface area contributed by atoms with Crippen LogP contribution in [0.3, 0.4) is 0 Å². The van der Waals surface area contributed by atoms with Crippen molar-refractivity contribution in [3.05, 3.63) is 0 Å². The van der Waals surface area contributed by atoms with Gasteiger partial charge in [0.1, 0.15) is 37.6 Å². The third-order valence-electron chi connectivity index (χ3n) is 7.59. The second-order valence-electron chi connectivity index (χ2n) is 14.9. The highest BCUT2D eigenvalue weighted by Crippen LogP contribution is 2.37. The zero-order valence-electron chi connectivity index (χ0n) is 32.8. The molecular formula is C34H49Cl3N2O17. The van der Waals surface area contributed by atoms with Crippen molar-refractivity contribution < 1.29 is 80.9 Å². The Morgan fingerprint density at radius 2 is 1.02 bits per heavy atom. The van der Waals surface area contributed by atoms with Crippen molar-refractivity contribution in [1.29, 1.82) is 5.41 Å². The van der Waals surface area contributed by atoms with Crippen LogP contribution >= 0.6 is 34.8 Å². The molecule has 0 bridgehead atoms. The van der Waals surface area contributed by atoms with Crippen molar-refractivity contribution in [1.82, 2.24) is 5.32 Å². The Kier molecular flexibility index (Phi) is 17.2. The Morgan fingerprint density at radius 3 is 1.46 bits per heavy atom. The Balaban J connectivity index is 2.93. The van der Waals surface area contributed by atoms with Crippen LogP contribution in [0.4, 0.5) is 0 Å². The van der Waals surface area contributed by atoms with Crippen LogP contribution in [0, 0.1) is 16.2 Å². The van der Waals surface area contributed by atoms with Gasteiger partial charge in [0.2, 0.25) is 18.1 Å². The van der Waals surface area contributed by atoms with Crippen molar-refractivity contribution in [2.45, 2.75) is 141 Å². The molecule has 2 aliphatic heterocycles. The topological polar surface area (TPSA) is 248 Å². The van der Waals surface area contributed by atoms with E-state index < -0.39 is 137 Å². The van der Waals surface area contributed by atoms with Gasteiger partial charge in [0.25, 0.3) is 3.79 Å². The lowest BCUT2D eigenvalue weighted by Gasteiger charge is -2.49. The minimum atomic E-state index is -2.47. The maximum absolute atomic E-state index is 13.6. The van der Waals surface area contributed by atoms with E-state index in [1.54, 1.807) is 20.8 Å². The summed E-state index contributed by atoms with van der Waals surface area (Å²) in [4.78, 5) is 88.4. The molecule has 2 rings (SSSR count). The number of carbonyl (C=O) groups excluding carboxylic acids is 7. The van der Waals surface area contributed by atoms with E-state index in [4.69, 9.17) is 87.6 Å². The number of esters is 6. The lowest BCUT2D eigenvalue weighted by molar-refractivity contribution is -0.343. The van der Waals surface area contributed by atoms with E-state index in [0.29, 0.717) is 0 Å². The normalized spacial score (nSPS) is 28.1. The number of carbonyl (C=O) groups is 7. The SMILES string of the molecule is CC(=O)N[C@H]1C(OC(=N)C(Cl)(Cl)Cl)O[C@H](COC(=O)C(C)(C)C)[C@H](OC(=O)C(C)(C)C)[C@@H]1O[C@@H]1O[C@H](COC(C)=O)[C@H](OC(C)=O)[C@H](OC(C)=O)[C@H]1OC(C)=O. The van der Waals surface area contributed by atoms with Crippen LogP contribution in [-0.2, 0) is 80.9 Å². The maximum Gasteiger partial charge on any atom is 0.311 e. The molecule has 318 valence electrons. The molecule has 2 heterocycles. The molecule has 22 heteroatoms. The van der Waals surface area contributed by atoms with E-state index in [-0.39, 0.29) is 0 Å². The molecule has 0 aromatic heterocycles. The van der Waals surface area contributed by atoms with E-state index in [1.807, 2.05) is 0 Å². The van der Waals surface area contributed by atoms with Gasteiger partial charge in [0.05, 0.1) is 10.8 Å². The van der Waals surface area contributed by atoms with E-state index in [2.05, 4.69) is 5.32 Å². The predicted octanol–water partition coefficient (Wildman–Crippen LogP) is 2.60. The summed E-state index contributed by atoms with van der Waals surface area (Å²) in [6, 6.07) is -1.63. The van der Waals surface area contributed by atoms with Crippen LogP contribution in [0.2, 0.25) is 0 Å². The van der Waals surface area contributed by atoms with Crippen LogP contribution in [0.25, 0.3) is 0 Å². The number of halogens is 3. The van der Waals surface area contributed by atoms with Crippen LogP contribution in [0.15, 0.2) is 0 Å². The molecule has 0 aromatic rings. The van der Waals surface area contributed by atoms with Gasteiger partial charge >= 0.3 is 35.8 Å². The fourth-order valence-electron chi connectivity index (χ4n) is 5.14. The first-order chi connectivity index (χ1) is 25.5. The molecule has 2 N–H and O–H groups in total. The lowest BCUT2D eigenvalue weighted by Crippen LogP contribution is -2.70. The highest BCUT2D eigenvalue weighted by atomic mass is 35.6. The van der Waals surface area contributed by atoms with Crippen LogP contribution in [0.5, 0.6) is 0 Å². The molecule has 0 radical (unpaired) electrons. The Morgan fingerprint density at radius 1 is 0.571 bits per heavy atom. The number of ether oxygens (including phenoxy) is 10. The minimum absolute atomic E-state index is 0.624. The summed E-state index contributed by atoms with van der Waals surface area (Å²) < 4.78 is 54.9. The first kappa shape index (κ1) is 48.7. The largest absolute Gasteiger partial charge is 0.463 e. The van der Waals surface area contributed by atoms with E-state index in [1.165, 1.54) is 20.8 Å². The second-order valence-corrected chi connectivity index (χ2v) is 17.1. The molecule has 0 aromatic carbocycles. The van der Waals surface area contributed by atoms with Crippen LogP contribution < -0.4 is 5.32 Å². The van der Waals surface area contributed by atoms with Crippen molar-refractivity contribution >= 4 is 82.4 Å². The summed E-state index contributed by atoms with van der Waals surface area (Å²) >= 11 is 17.7. The van der Waals surface area contributed by atoms with Gasteiger partial charge in [-0.15, -0.1) is 0 Å². The number of hydrogen-bond acceptors (Lipinski definition) is 18. The molecule has 2 fully saturated rings. The van der Waals surface area contributed by atoms with Crippen molar-refractivity contribution in [2.24, 2.45) is 10.8 Å². The zero-order valence-corrected chi connectivity index (χ0v) is 35.0. The predicted molar refractivity (Wildman–Crippen MR) is 192 cm³/mol. The van der Waals surface area contributed by atoms with Gasteiger partial charge < -0.3 is 52.7 Å². The highest BCUT2D eigenvalue weighted by molar-refractivity contribution is 6.76. The second kappa shape index (κ2) is 19.8. The molecule has 0 spiro atoms. The van der Waals surface area contributed by atoms with Crippen molar-refractivity contribution in [3.8, 4) is 0 Å². The van der Waals surface area contributed by atoms with Gasteiger partial charge in [0.15, 0.2) is 30.7 Å². The first-order valence-electron chi connectivity index (χ1n) is 17.1. The number of amides is 1. The molecule has 56 heavy (non-hydrogen) atoms. The smallest absolute Gasteiger partial charge is 0.311 e. The third kappa shape index (κ3) is 14.5.